The SMILES string of the molecule is Cc1cccc(C2CCN(c3ccc(C4=NCn5ncc(C#N)c54)cn3)CC2)c1. The second-order valence-corrected chi connectivity index (χ2v) is 7.75. The van der Waals surface area contributed by atoms with Gasteiger partial charge in [0, 0.05) is 24.8 Å². The Morgan fingerprint density at radius 3 is 2.69 bits per heavy atom. The number of rotatable bonds is 3. The molecule has 2 aliphatic rings. The maximum Gasteiger partial charge on any atom is 0.132 e. The predicted molar refractivity (Wildman–Crippen MR) is 112 cm³/mol. The molecule has 144 valence electrons. The van der Waals surface area contributed by atoms with E-state index in [2.05, 4.69) is 64.4 Å². The molecule has 0 radical (unpaired) electrons. The molecule has 6 heteroatoms. The molecule has 0 bridgehead atoms. The average Bonchev–Trinajstić information content (AvgIpc) is 3.36. The van der Waals surface area contributed by atoms with Crippen LogP contribution in [-0.2, 0) is 6.67 Å². The Morgan fingerprint density at radius 1 is 1.10 bits per heavy atom. The number of pyridine rings is 1. The Balaban J connectivity index is 1.29. The normalized spacial score (nSPS) is 16.4. The van der Waals surface area contributed by atoms with Crippen LogP contribution in [0.25, 0.3) is 0 Å². The van der Waals surface area contributed by atoms with Gasteiger partial charge in [-0.2, -0.15) is 10.4 Å². The number of fused-ring (bicyclic) bond motifs is 1. The highest BCUT2D eigenvalue weighted by molar-refractivity contribution is 6.13. The molecule has 0 aliphatic carbocycles. The molecule has 0 saturated carbocycles. The summed E-state index contributed by atoms with van der Waals surface area (Å²) in [6.45, 7) is 4.64. The molecule has 0 N–H and O–H groups in total. The van der Waals surface area contributed by atoms with Crippen molar-refractivity contribution >= 4 is 11.5 Å². The number of anilines is 1. The van der Waals surface area contributed by atoms with Gasteiger partial charge in [0.1, 0.15) is 24.2 Å². The molecule has 2 aliphatic heterocycles. The summed E-state index contributed by atoms with van der Waals surface area (Å²) in [4.78, 5) is 11.6. The summed E-state index contributed by atoms with van der Waals surface area (Å²) in [5.41, 5.74) is 5.87. The van der Waals surface area contributed by atoms with Crippen LogP contribution in [0.1, 0.15) is 46.7 Å². The second kappa shape index (κ2) is 7.17. The van der Waals surface area contributed by atoms with Crippen molar-refractivity contribution in [3.05, 3.63) is 76.7 Å². The van der Waals surface area contributed by atoms with Gasteiger partial charge in [-0.15, -0.1) is 0 Å². The van der Waals surface area contributed by atoms with Crippen LogP contribution in [0.2, 0.25) is 0 Å². The molecule has 4 heterocycles. The molecule has 3 aromatic rings. The molecule has 1 aromatic carbocycles. The Hall–Kier alpha value is -3.46. The van der Waals surface area contributed by atoms with Crippen LogP contribution in [0.15, 0.2) is 53.8 Å². The fourth-order valence-electron chi connectivity index (χ4n) is 4.34. The third-order valence-electron chi connectivity index (χ3n) is 5.90. The van der Waals surface area contributed by atoms with E-state index >= 15 is 0 Å². The fraction of sp³-hybridized carbons (Fsp3) is 0.304. The van der Waals surface area contributed by atoms with Crippen LogP contribution in [0.4, 0.5) is 5.82 Å². The Morgan fingerprint density at radius 2 is 1.97 bits per heavy atom. The lowest BCUT2D eigenvalue weighted by molar-refractivity contribution is 0.502. The third-order valence-corrected chi connectivity index (χ3v) is 5.90. The monoisotopic (exact) mass is 382 g/mol. The number of aliphatic imine (C=N–C) groups is 1. The van der Waals surface area contributed by atoms with Gasteiger partial charge in [0.2, 0.25) is 0 Å². The van der Waals surface area contributed by atoms with E-state index in [1.807, 2.05) is 6.20 Å². The first-order valence-corrected chi connectivity index (χ1v) is 10.0. The topological polar surface area (TPSA) is 70.1 Å². The number of aromatic nitrogens is 3. The van der Waals surface area contributed by atoms with Crippen LogP contribution in [0.3, 0.4) is 0 Å². The van der Waals surface area contributed by atoms with Crippen molar-refractivity contribution in [3.8, 4) is 6.07 Å². The lowest BCUT2D eigenvalue weighted by atomic mass is 9.89. The zero-order chi connectivity index (χ0) is 19.8. The van der Waals surface area contributed by atoms with Crippen molar-refractivity contribution in [3.63, 3.8) is 0 Å². The lowest BCUT2D eigenvalue weighted by Crippen LogP contribution is -2.33. The van der Waals surface area contributed by atoms with E-state index in [0.717, 1.165) is 48.7 Å². The van der Waals surface area contributed by atoms with Crippen molar-refractivity contribution in [1.82, 2.24) is 14.8 Å². The van der Waals surface area contributed by atoms with Gasteiger partial charge < -0.3 is 4.90 Å². The Kier molecular flexibility index (Phi) is 4.36. The number of nitrogens with zero attached hydrogens (tertiary/aromatic N) is 6. The van der Waals surface area contributed by atoms with Crippen molar-refractivity contribution in [2.45, 2.75) is 32.4 Å². The quantitative estimate of drug-likeness (QED) is 0.693. The first-order chi connectivity index (χ1) is 14.2. The summed E-state index contributed by atoms with van der Waals surface area (Å²) in [6.07, 6.45) is 5.75. The zero-order valence-corrected chi connectivity index (χ0v) is 16.4. The first kappa shape index (κ1) is 17.6. The number of aryl methyl sites for hydroxylation is 1. The first-order valence-electron chi connectivity index (χ1n) is 10.0. The molecule has 1 fully saturated rings. The molecular weight excluding hydrogens is 360 g/mol. The molecule has 6 nitrogen and oxygen atoms in total. The summed E-state index contributed by atoms with van der Waals surface area (Å²) in [7, 11) is 0. The maximum atomic E-state index is 9.31. The number of hydrogen-bond donors (Lipinski definition) is 0. The summed E-state index contributed by atoms with van der Waals surface area (Å²) in [6, 6.07) is 15.2. The van der Waals surface area contributed by atoms with E-state index in [0.29, 0.717) is 18.2 Å². The van der Waals surface area contributed by atoms with Crippen LogP contribution < -0.4 is 4.90 Å². The van der Waals surface area contributed by atoms with Crippen LogP contribution in [-0.4, -0.2) is 33.6 Å². The standard InChI is InChI=1S/C23H22N6/c1-16-3-2-4-18(11-16)17-7-9-28(10-8-17)21-6-5-19(13-25-21)22-23-20(12-24)14-27-29(23)15-26-22/h2-6,11,13-14,17H,7-10,15H2,1H3. The molecule has 5 rings (SSSR count). The van der Waals surface area contributed by atoms with E-state index in [1.165, 1.54) is 11.1 Å². The summed E-state index contributed by atoms with van der Waals surface area (Å²) in [5.74, 6) is 1.63. The molecule has 0 unspecified atom stereocenters. The van der Waals surface area contributed by atoms with Gasteiger partial charge in [0.05, 0.1) is 17.5 Å². The van der Waals surface area contributed by atoms with E-state index in [9.17, 15) is 5.26 Å². The molecule has 0 atom stereocenters. The van der Waals surface area contributed by atoms with E-state index in [4.69, 9.17) is 4.98 Å². The lowest BCUT2D eigenvalue weighted by Gasteiger charge is -2.33. The molecule has 0 amide bonds. The Bertz CT molecular complexity index is 1110. The highest BCUT2D eigenvalue weighted by Gasteiger charge is 2.24. The number of hydrogen-bond acceptors (Lipinski definition) is 5. The second-order valence-electron chi connectivity index (χ2n) is 7.75. The summed E-state index contributed by atoms with van der Waals surface area (Å²) >= 11 is 0. The molecule has 1 saturated heterocycles. The fourth-order valence-corrected chi connectivity index (χ4v) is 4.34. The van der Waals surface area contributed by atoms with E-state index < -0.39 is 0 Å². The van der Waals surface area contributed by atoms with Crippen LogP contribution in [0, 0.1) is 18.3 Å². The maximum absolute atomic E-state index is 9.31. The van der Waals surface area contributed by atoms with Crippen molar-refractivity contribution in [2.75, 3.05) is 18.0 Å². The minimum atomic E-state index is 0.459. The van der Waals surface area contributed by atoms with Gasteiger partial charge in [0.25, 0.3) is 0 Å². The van der Waals surface area contributed by atoms with Gasteiger partial charge in [0.15, 0.2) is 0 Å². The molecule has 0 spiro atoms. The van der Waals surface area contributed by atoms with E-state index in [-0.39, 0.29) is 0 Å². The minimum absolute atomic E-state index is 0.459. The van der Waals surface area contributed by atoms with Gasteiger partial charge in [-0.1, -0.05) is 29.8 Å². The number of nitriles is 1. The number of piperidine rings is 1. The van der Waals surface area contributed by atoms with Crippen molar-refractivity contribution in [1.29, 1.82) is 5.26 Å². The highest BCUT2D eigenvalue weighted by atomic mass is 15.3. The van der Waals surface area contributed by atoms with Gasteiger partial charge in [-0.05, 0) is 43.4 Å². The average molecular weight is 382 g/mol. The van der Waals surface area contributed by atoms with Gasteiger partial charge >= 0.3 is 0 Å². The highest BCUT2D eigenvalue weighted by Crippen LogP contribution is 2.30. The number of benzene rings is 1. The van der Waals surface area contributed by atoms with Crippen molar-refractivity contribution < 1.29 is 0 Å². The predicted octanol–water partition coefficient (Wildman–Crippen LogP) is 3.65. The summed E-state index contributed by atoms with van der Waals surface area (Å²) in [5, 5.41) is 13.5. The smallest absolute Gasteiger partial charge is 0.132 e. The van der Waals surface area contributed by atoms with Gasteiger partial charge in [-0.25, -0.2) is 9.67 Å². The molecule has 2 aromatic heterocycles. The zero-order valence-electron chi connectivity index (χ0n) is 16.4. The largest absolute Gasteiger partial charge is 0.357 e. The molecule has 29 heavy (non-hydrogen) atoms. The van der Waals surface area contributed by atoms with Crippen molar-refractivity contribution in [2.24, 2.45) is 4.99 Å². The third kappa shape index (κ3) is 3.19. The van der Waals surface area contributed by atoms with Crippen LogP contribution >= 0.6 is 0 Å². The van der Waals surface area contributed by atoms with Crippen LogP contribution in [0.5, 0.6) is 0 Å². The van der Waals surface area contributed by atoms with E-state index in [1.54, 1.807) is 10.9 Å². The Labute approximate surface area is 170 Å². The van der Waals surface area contributed by atoms with Gasteiger partial charge in [-0.3, -0.25) is 4.99 Å². The molecular formula is C23H22N6. The minimum Gasteiger partial charge on any atom is -0.357 e. The summed E-state index contributed by atoms with van der Waals surface area (Å²) < 4.78 is 1.76.